The van der Waals surface area contributed by atoms with Crippen molar-refractivity contribution in [2.24, 2.45) is 5.92 Å². The van der Waals surface area contributed by atoms with E-state index in [4.69, 9.17) is 0 Å². The van der Waals surface area contributed by atoms with Crippen molar-refractivity contribution in [1.29, 1.82) is 0 Å². The fourth-order valence-electron chi connectivity index (χ4n) is 4.55. The zero-order valence-electron chi connectivity index (χ0n) is 20.9. The Kier molecular flexibility index (Phi) is 10.8. The average Bonchev–Trinajstić information content (AvgIpc) is 2.82. The van der Waals surface area contributed by atoms with E-state index in [1.165, 1.54) is 12.1 Å². The molecule has 0 radical (unpaired) electrons. The molecule has 1 aliphatic rings. The van der Waals surface area contributed by atoms with Gasteiger partial charge in [0, 0.05) is 30.9 Å². The summed E-state index contributed by atoms with van der Waals surface area (Å²) >= 11 is 0. The van der Waals surface area contributed by atoms with Crippen LogP contribution in [0.5, 0.6) is 0 Å². The third kappa shape index (κ3) is 6.49. The van der Waals surface area contributed by atoms with Crippen molar-refractivity contribution in [3.8, 4) is 0 Å². The normalized spacial score (nSPS) is 16.1. The van der Waals surface area contributed by atoms with Crippen LogP contribution in [-0.2, 0) is 10.1 Å². The summed E-state index contributed by atoms with van der Waals surface area (Å²) in [4.78, 5) is 2.08. The molecule has 2 aromatic rings. The van der Waals surface area contributed by atoms with Gasteiger partial charge in [0.15, 0.2) is 5.71 Å². The van der Waals surface area contributed by atoms with E-state index in [1.807, 2.05) is 12.1 Å². The van der Waals surface area contributed by atoms with Crippen LogP contribution in [0, 0.1) is 12.0 Å². The molecule has 5 nitrogen and oxygen atoms in total. The Balaban J connectivity index is 0.00000408. The van der Waals surface area contributed by atoms with Gasteiger partial charge in [0.1, 0.15) is 23.2 Å². The summed E-state index contributed by atoms with van der Waals surface area (Å²) < 4.78 is 38.5. The molecule has 0 aromatic heterocycles. The van der Waals surface area contributed by atoms with Gasteiger partial charge >= 0.3 is 29.6 Å². The Bertz CT molecular complexity index is 1130. The van der Waals surface area contributed by atoms with Gasteiger partial charge in [0.25, 0.3) is 0 Å². The van der Waals surface area contributed by atoms with Crippen LogP contribution in [0.1, 0.15) is 44.7 Å². The van der Waals surface area contributed by atoms with E-state index < -0.39 is 10.1 Å². The minimum atomic E-state index is -4.63. The maximum Gasteiger partial charge on any atom is 1.00 e. The smallest absolute Gasteiger partial charge is 0.746 e. The summed E-state index contributed by atoms with van der Waals surface area (Å²) in [6.07, 6.45) is 8.38. The summed E-state index contributed by atoms with van der Waals surface area (Å²) in [6.45, 7) is 12.1. The quantitative estimate of drug-likeness (QED) is 0.233. The molecule has 0 heterocycles. The van der Waals surface area contributed by atoms with Gasteiger partial charge in [-0.1, -0.05) is 34.7 Å². The van der Waals surface area contributed by atoms with Crippen LogP contribution in [0.2, 0.25) is 0 Å². The minimum absolute atomic E-state index is 0. The third-order valence-corrected chi connectivity index (χ3v) is 7.24. The summed E-state index contributed by atoms with van der Waals surface area (Å²) in [5.74, 6) is -0.419. The number of nitrogens with zero attached hydrogens (tertiary/aromatic N) is 2. The number of benzene rings is 2. The second-order valence-corrected chi connectivity index (χ2v) is 9.40. The molecule has 0 spiro atoms. The van der Waals surface area contributed by atoms with E-state index in [1.54, 1.807) is 6.07 Å². The molecule has 0 bridgehead atoms. The molecule has 34 heavy (non-hydrogen) atoms. The number of rotatable bonds is 9. The van der Waals surface area contributed by atoms with Crippen molar-refractivity contribution in [3.63, 3.8) is 0 Å². The molecular weight excluding hydrogens is 455 g/mol. The maximum atomic E-state index is 12.1. The maximum absolute atomic E-state index is 12.1. The predicted molar refractivity (Wildman–Crippen MR) is 133 cm³/mol. The Hall–Kier alpha value is -1.70. The zero-order valence-corrected chi connectivity index (χ0v) is 23.7. The average molecular weight is 489 g/mol. The minimum Gasteiger partial charge on any atom is -0.746 e. The number of hydrogen-bond acceptors (Lipinski definition) is 4. The zero-order chi connectivity index (χ0) is 24.0. The Morgan fingerprint density at radius 2 is 1.59 bits per heavy atom. The molecular formula is C27H33N2NaO3S. The van der Waals surface area contributed by atoms with Crippen molar-refractivity contribution >= 4 is 21.5 Å². The first kappa shape index (κ1) is 28.5. The van der Waals surface area contributed by atoms with Crippen molar-refractivity contribution in [3.05, 3.63) is 84.0 Å². The van der Waals surface area contributed by atoms with E-state index in [2.05, 4.69) is 79.7 Å². The van der Waals surface area contributed by atoms with Crippen LogP contribution < -0.4 is 34.5 Å². The van der Waals surface area contributed by atoms with Gasteiger partial charge in [-0.2, -0.15) is 24.3 Å². The molecule has 1 unspecified atom stereocenters. The van der Waals surface area contributed by atoms with Crippen LogP contribution in [0.15, 0.2) is 71.7 Å². The SMILES string of the molecule is CCN(CC)c1ccc(C(c2c[c-]ccc2S(=O)(=O)[O-])C2C=CC(=[N+](CC)CC)C=C2)cc1.[Na+]. The number of hydrogen-bond donors (Lipinski definition) is 0. The summed E-state index contributed by atoms with van der Waals surface area (Å²) in [5.41, 5.74) is 3.68. The standard InChI is InChI=1S/C27H34N2O3S.Na/c1-5-28(6-2)23-17-13-21(14-18-23)27(25-11-9-10-12-26(25)33(30,31)32)22-15-19-24(20-16-22)29(7-3)8-4;/h10-21,27H,5-8H2,1-4H3,(H,30,31,32);/q;+1/p-1. The fourth-order valence-corrected chi connectivity index (χ4v) is 5.26. The second kappa shape index (κ2) is 12.8. The largest absolute Gasteiger partial charge is 1.00 e. The topological polar surface area (TPSA) is 63.4 Å². The van der Waals surface area contributed by atoms with Crippen LogP contribution in [0.3, 0.4) is 0 Å². The van der Waals surface area contributed by atoms with Crippen molar-refractivity contribution < 1.29 is 47.1 Å². The first-order chi connectivity index (χ1) is 15.8. The van der Waals surface area contributed by atoms with E-state index in [9.17, 15) is 13.0 Å². The molecule has 176 valence electrons. The van der Waals surface area contributed by atoms with Crippen LogP contribution >= 0.6 is 0 Å². The van der Waals surface area contributed by atoms with E-state index >= 15 is 0 Å². The van der Waals surface area contributed by atoms with Gasteiger partial charge in [-0.05, 0) is 51.7 Å². The third-order valence-electron chi connectivity index (χ3n) is 6.33. The molecule has 0 amide bonds. The first-order valence-electron chi connectivity index (χ1n) is 11.6. The summed E-state index contributed by atoms with van der Waals surface area (Å²) in [5, 5.41) is 0. The van der Waals surface area contributed by atoms with Crippen LogP contribution in [0.4, 0.5) is 5.69 Å². The molecule has 1 aliphatic carbocycles. The van der Waals surface area contributed by atoms with Gasteiger partial charge < -0.3 is 9.45 Å². The first-order valence-corrected chi connectivity index (χ1v) is 13.0. The molecule has 7 heteroatoms. The Labute approximate surface area is 226 Å². The van der Waals surface area contributed by atoms with Crippen molar-refractivity contribution in [2.45, 2.75) is 38.5 Å². The number of anilines is 1. The van der Waals surface area contributed by atoms with Gasteiger partial charge in [-0.3, -0.25) is 0 Å². The molecule has 0 saturated heterocycles. The van der Waals surface area contributed by atoms with Crippen LogP contribution in [-0.4, -0.2) is 49.4 Å². The van der Waals surface area contributed by atoms with Gasteiger partial charge in [-0.25, -0.2) is 13.0 Å². The van der Waals surface area contributed by atoms with Gasteiger partial charge in [0.05, 0.1) is 0 Å². The van der Waals surface area contributed by atoms with Gasteiger partial charge in [-0.15, -0.1) is 5.56 Å². The summed E-state index contributed by atoms with van der Waals surface area (Å²) in [7, 11) is -4.63. The molecule has 2 aromatic carbocycles. The van der Waals surface area contributed by atoms with Crippen LogP contribution in [0.25, 0.3) is 0 Å². The predicted octanol–water partition coefficient (Wildman–Crippen LogP) is 1.61. The molecule has 3 rings (SSSR count). The monoisotopic (exact) mass is 488 g/mol. The van der Waals surface area contributed by atoms with Crippen molar-refractivity contribution in [2.75, 3.05) is 31.1 Å². The number of allylic oxidation sites excluding steroid dienone is 4. The van der Waals surface area contributed by atoms with E-state index in [0.717, 1.165) is 43.1 Å². The van der Waals surface area contributed by atoms with Gasteiger partial charge in [0.2, 0.25) is 0 Å². The Morgan fingerprint density at radius 1 is 1.00 bits per heavy atom. The molecule has 0 saturated carbocycles. The second-order valence-electron chi connectivity index (χ2n) is 8.05. The molecule has 1 atom stereocenters. The molecule has 0 fully saturated rings. The molecule has 0 N–H and O–H groups in total. The van der Waals surface area contributed by atoms with E-state index in [-0.39, 0.29) is 46.3 Å². The summed E-state index contributed by atoms with van der Waals surface area (Å²) in [6, 6.07) is 15.7. The Morgan fingerprint density at radius 3 is 2.09 bits per heavy atom. The fraction of sp³-hybridized carbons (Fsp3) is 0.370. The van der Waals surface area contributed by atoms with Crippen molar-refractivity contribution in [1.82, 2.24) is 0 Å². The van der Waals surface area contributed by atoms with E-state index in [0.29, 0.717) is 5.56 Å². The molecule has 0 aliphatic heterocycles.